The number of aryl methyl sites for hydroxylation is 1. The number of rotatable bonds is 7. The Hall–Kier alpha value is -0.450. The zero-order chi connectivity index (χ0) is 12.0. The van der Waals surface area contributed by atoms with Crippen LogP contribution in [0.4, 0.5) is 0 Å². The molecule has 1 heterocycles. The molecule has 1 aromatic heterocycles. The quantitative estimate of drug-likeness (QED) is 0.798. The third-order valence-corrected chi connectivity index (χ3v) is 3.89. The van der Waals surface area contributed by atoms with E-state index in [1.165, 1.54) is 16.3 Å². The zero-order valence-corrected chi connectivity index (χ0v) is 11.5. The molecule has 0 spiro atoms. The third kappa shape index (κ3) is 3.85. The van der Waals surface area contributed by atoms with Gasteiger partial charge >= 0.3 is 0 Å². The van der Waals surface area contributed by atoms with E-state index in [1.807, 2.05) is 0 Å². The first-order valence-electron chi connectivity index (χ1n) is 5.87. The molecular weight excluding hydrogens is 220 g/mol. The fraction of sp³-hybridized carbons (Fsp3) is 0.750. The molecule has 4 heteroatoms. The highest BCUT2D eigenvalue weighted by molar-refractivity contribution is 7.11. The van der Waals surface area contributed by atoms with Crippen molar-refractivity contribution in [3.63, 3.8) is 0 Å². The number of nitrogens with zero attached hydrogens (tertiary/aromatic N) is 1. The van der Waals surface area contributed by atoms with Gasteiger partial charge in [-0.2, -0.15) is 0 Å². The first kappa shape index (κ1) is 13.6. The number of hydrogen-bond acceptors (Lipinski definition) is 4. The topological polar surface area (TPSA) is 34.1 Å². The van der Waals surface area contributed by atoms with Crippen LogP contribution >= 0.6 is 11.3 Å². The molecule has 0 fully saturated rings. The number of hydrogen-bond donors (Lipinski definition) is 1. The number of aromatic nitrogens is 1. The van der Waals surface area contributed by atoms with Gasteiger partial charge in [0.05, 0.1) is 17.3 Å². The first-order valence-corrected chi connectivity index (χ1v) is 6.69. The van der Waals surface area contributed by atoms with E-state index in [1.54, 1.807) is 18.4 Å². The lowest BCUT2D eigenvalue weighted by Crippen LogP contribution is -2.18. The molecule has 16 heavy (non-hydrogen) atoms. The summed E-state index contributed by atoms with van der Waals surface area (Å²) in [6, 6.07) is 0.411. The van der Waals surface area contributed by atoms with Crippen LogP contribution < -0.4 is 5.32 Å². The van der Waals surface area contributed by atoms with Crippen molar-refractivity contribution in [2.45, 2.75) is 39.7 Å². The maximum atomic E-state index is 5.07. The molecule has 92 valence electrons. The predicted molar refractivity (Wildman–Crippen MR) is 69.1 cm³/mol. The van der Waals surface area contributed by atoms with Crippen molar-refractivity contribution in [2.24, 2.45) is 0 Å². The molecule has 1 unspecified atom stereocenters. The molecular formula is C12H22N2OS. The molecule has 3 nitrogen and oxygen atoms in total. The highest BCUT2D eigenvalue weighted by Gasteiger charge is 2.13. The molecule has 0 radical (unpaired) electrons. The van der Waals surface area contributed by atoms with E-state index in [0.29, 0.717) is 6.04 Å². The molecule has 0 aromatic carbocycles. The second-order valence-corrected chi connectivity index (χ2v) is 5.09. The van der Waals surface area contributed by atoms with Gasteiger partial charge in [0, 0.05) is 24.4 Å². The van der Waals surface area contributed by atoms with Crippen molar-refractivity contribution in [2.75, 3.05) is 20.3 Å². The maximum Gasteiger partial charge on any atom is 0.0954 e. The van der Waals surface area contributed by atoms with Crippen LogP contribution in [0.1, 0.15) is 41.9 Å². The van der Waals surface area contributed by atoms with Gasteiger partial charge in [-0.25, -0.2) is 4.98 Å². The summed E-state index contributed by atoms with van der Waals surface area (Å²) in [5.41, 5.74) is 1.16. The maximum absolute atomic E-state index is 5.07. The number of methoxy groups -OCH3 is 1. The largest absolute Gasteiger partial charge is 0.384 e. The molecule has 0 aliphatic rings. The van der Waals surface area contributed by atoms with Crippen LogP contribution in [0.2, 0.25) is 0 Å². The highest BCUT2D eigenvalue weighted by Crippen LogP contribution is 2.25. The lowest BCUT2D eigenvalue weighted by atomic mass is 10.2. The van der Waals surface area contributed by atoms with Gasteiger partial charge in [0.2, 0.25) is 0 Å². The minimum Gasteiger partial charge on any atom is -0.384 e. The average molecular weight is 242 g/mol. The van der Waals surface area contributed by atoms with E-state index in [-0.39, 0.29) is 0 Å². The molecule has 0 amide bonds. The van der Waals surface area contributed by atoms with Gasteiger partial charge in [0.15, 0.2) is 0 Å². The first-order chi connectivity index (χ1) is 7.69. The van der Waals surface area contributed by atoms with Crippen molar-refractivity contribution < 1.29 is 4.74 Å². The van der Waals surface area contributed by atoms with Crippen molar-refractivity contribution in [1.29, 1.82) is 0 Å². The van der Waals surface area contributed by atoms with E-state index in [4.69, 9.17) is 4.74 Å². The third-order valence-electron chi connectivity index (χ3n) is 2.49. The van der Waals surface area contributed by atoms with Crippen LogP contribution in [0.5, 0.6) is 0 Å². The van der Waals surface area contributed by atoms with Crippen molar-refractivity contribution in [1.82, 2.24) is 10.3 Å². The SMILES string of the molecule is CCCNC(C)c1sc(CCOC)nc1C. The standard InChI is InChI=1S/C12H22N2OS/c1-5-7-13-9(2)12-10(3)14-11(16-12)6-8-15-4/h9,13H,5-8H2,1-4H3. The van der Waals surface area contributed by atoms with E-state index < -0.39 is 0 Å². The zero-order valence-electron chi connectivity index (χ0n) is 10.7. The highest BCUT2D eigenvalue weighted by atomic mass is 32.1. The fourth-order valence-corrected chi connectivity index (χ4v) is 2.69. The van der Waals surface area contributed by atoms with E-state index in [0.717, 1.165) is 25.3 Å². The van der Waals surface area contributed by atoms with Gasteiger partial charge in [0.25, 0.3) is 0 Å². The Kier molecular flexibility index (Phi) is 5.95. The minimum absolute atomic E-state index is 0.411. The van der Waals surface area contributed by atoms with Gasteiger partial charge in [-0.1, -0.05) is 6.92 Å². The minimum atomic E-state index is 0.411. The molecule has 0 saturated carbocycles. The summed E-state index contributed by atoms with van der Waals surface area (Å²) in [6.45, 7) is 8.29. The van der Waals surface area contributed by atoms with Crippen molar-refractivity contribution >= 4 is 11.3 Å². The van der Waals surface area contributed by atoms with E-state index in [9.17, 15) is 0 Å². The van der Waals surface area contributed by atoms with Gasteiger partial charge in [0.1, 0.15) is 0 Å². The normalized spacial score (nSPS) is 13.0. The van der Waals surface area contributed by atoms with Crippen LogP contribution in [-0.4, -0.2) is 25.2 Å². The predicted octanol–water partition coefficient (Wildman–Crippen LogP) is 2.70. The Balaban J connectivity index is 2.61. The summed E-state index contributed by atoms with van der Waals surface area (Å²) in [5, 5.41) is 4.68. The molecule has 0 bridgehead atoms. The Labute approximate surface area is 102 Å². The van der Waals surface area contributed by atoms with Crippen LogP contribution in [0.3, 0.4) is 0 Å². The van der Waals surface area contributed by atoms with E-state index >= 15 is 0 Å². The summed E-state index contributed by atoms with van der Waals surface area (Å²) < 4.78 is 5.07. The summed E-state index contributed by atoms with van der Waals surface area (Å²) >= 11 is 1.80. The lowest BCUT2D eigenvalue weighted by molar-refractivity contribution is 0.202. The molecule has 0 aliphatic heterocycles. The molecule has 1 N–H and O–H groups in total. The smallest absolute Gasteiger partial charge is 0.0954 e. The summed E-state index contributed by atoms with van der Waals surface area (Å²) in [4.78, 5) is 5.94. The summed E-state index contributed by atoms with van der Waals surface area (Å²) in [5.74, 6) is 0. The second-order valence-electron chi connectivity index (χ2n) is 3.98. The Morgan fingerprint density at radius 2 is 2.25 bits per heavy atom. The van der Waals surface area contributed by atoms with Gasteiger partial charge < -0.3 is 10.1 Å². The number of nitrogens with one attached hydrogen (secondary N) is 1. The van der Waals surface area contributed by atoms with Crippen molar-refractivity contribution in [3.8, 4) is 0 Å². The van der Waals surface area contributed by atoms with E-state index in [2.05, 4.69) is 31.1 Å². The fourth-order valence-electron chi connectivity index (χ4n) is 1.62. The number of ether oxygens (including phenoxy) is 1. The van der Waals surface area contributed by atoms with Crippen LogP contribution in [0.15, 0.2) is 0 Å². The molecule has 0 saturated heterocycles. The monoisotopic (exact) mass is 242 g/mol. The van der Waals surface area contributed by atoms with Crippen LogP contribution in [0, 0.1) is 6.92 Å². The van der Waals surface area contributed by atoms with Gasteiger partial charge in [-0.15, -0.1) is 11.3 Å². The summed E-state index contributed by atoms with van der Waals surface area (Å²) in [7, 11) is 1.73. The van der Waals surface area contributed by atoms with Crippen molar-refractivity contribution in [3.05, 3.63) is 15.6 Å². The lowest BCUT2D eigenvalue weighted by Gasteiger charge is -2.11. The van der Waals surface area contributed by atoms with Crippen LogP contribution in [-0.2, 0) is 11.2 Å². The molecule has 1 rings (SSSR count). The summed E-state index contributed by atoms with van der Waals surface area (Å²) in [6.07, 6.45) is 2.08. The Morgan fingerprint density at radius 3 is 2.88 bits per heavy atom. The average Bonchev–Trinajstić information content (AvgIpc) is 2.64. The molecule has 1 atom stereocenters. The second kappa shape index (κ2) is 6.99. The van der Waals surface area contributed by atoms with Crippen LogP contribution in [0.25, 0.3) is 0 Å². The Morgan fingerprint density at radius 1 is 1.50 bits per heavy atom. The van der Waals surface area contributed by atoms with Gasteiger partial charge in [-0.3, -0.25) is 0 Å². The Bertz CT molecular complexity index is 312. The van der Waals surface area contributed by atoms with Gasteiger partial charge in [-0.05, 0) is 26.8 Å². The number of thiazole rings is 1. The molecule has 0 aliphatic carbocycles. The molecule has 1 aromatic rings.